The van der Waals surface area contributed by atoms with Crippen molar-refractivity contribution in [2.75, 3.05) is 19.8 Å². The number of hydrogen-bond donors (Lipinski definition) is 0. The minimum atomic E-state index is 0.291. The molecule has 1 atom stereocenters. The molecule has 0 N–H and O–H groups in total. The summed E-state index contributed by atoms with van der Waals surface area (Å²) in [6.07, 6.45) is 7.64. The maximum absolute atomic E-state index is 6.03. The minimum absolute atomic E-state index is 0.291. The van der Waals surface area contributed by atoms with Crippen molar-refractivity contribution in [2.45, 2.75) is 31.8 Å². The number of rotatable bonds is 6. The monoisotopic (exact) mass is 318 g/mol. The molecule has 4 rings (SSSR count). The number of aryl methyl sites for hydroxylation is 1. The molecule has 2 aliphatic rings. The molecule has 0 bridgehead atoms. The van der Waals surface area contributed by atoms with Gasteiger partial charge in [-0.15, -0.1) is 11.3 Å². The van der Waals surface area contributed by atoms with Crippen LogP contribution in [-0.2, 0) is 24.8 Å². The first-order valence-corrected chi connectivity index (χ1v) is 8.90. The van der Waals surface area contributed by atoms with E-state index in [4.69, 9.17) is 4.74 Å². The lowest BCUT2D eigenvalue weighted by Crippen LogP contribution is -2.38. The van der Waals surface area contributed by atoms with Gasteiger partial charge >= 0.3 is 0 Å². The molecule has 0 radical (unpaired) electrons. The molecule has 2 aromatic rings. The molecule has 22 heavy (non-hydrogen) atoms. The Morgan fingerprint density at radius 1 is 1.36 bits per heavy atom. The van der Waals surface area contributed by atoms with Gasteiger partial charge in [-0.25, -0.2) is 4.98 Å². The number of aromatic nitrogens is 3. The van der Waals surface area contributed by atoms with Crippen molar-refractivity contribution in [3.63, 3.8) is 0 Å². The Hall–Kier alpha value is -1.24. The van der Waals surface area contributed by atoms with Gasteiger partial charge in [0.1, 0.15) is 5.01 Å². The van der Waals surface area contributed by atoms with Crippen molar-refractivity contribution in [2.24, 2.45) is 13.0 Å². The minimum Gasteiger partial charge on any atom is -0.379 e. The highest BCUT2D eigenvalue weighted by Gasteiger charge is 2.32. The molecular weight excluding hydrogens is 296 g/mol. The van der Waals surface area contributed by atoms with E-state index >= 15 is 0 Å². The van der Waals surface area contributed by atoms with E-state index in [9.17, 15) is 0 Å². The van der Waals surface area contributed by atoms with E-state index in [2.05, 4.69) is 15.0 Å². The van der Waals surface area contributed by atoms with Gasteiger partial charge < -0.3 is 4.74 Å². The van der Waals surface area contributed by atoms with Gasteiger partial charge in [-0.2, -0.15) is 5.10 Å². The Kier molecular flexibility index (Phi) is 3.98. The molecule has 2 aromatic heterocycles. The van der Waals surface area contributed by atoms with E-state index in [1.807, 2.05) is 29.5 Å². The second-order valence-corrected chi connectivity index (χ2v) is 7.30. The largest absolute Gasteiger partial charge is 0.379 e. The van der Waals surface area contributed by atoms with Crippen LogP contribution in [0.3, 0.4) is 0 Å². The normalized spacial score (nSPS) is 22.0. The molecule has 0 spiro atoms. The molecule has 6 heteroatoms. The third kappa shape index (κ3) is 2.95. The summed E-state index contributed by atoms with van der Waals surface area (Å²) in [6.45, 7) is 3.62. The van der Waals surface area contributed by atoms with Crippen LogP contribution in [0.2, 0.25) is 0 Å². The number of nitrogens with zero attached hydrogens (tertiary/aromatic N) is 4. The predicted molar refractivity (Wildman–Crippen MR) is 85.7 cm³/mol. The van der Waals surface area contributed by atoms with Gasteiger partial charge in [0.2, 0.25) is 0 Å². The fourth-order valence-electron chi connectivity index (χ4n) is 3.22. The van der Waals surface area contributed by atoms with Crippen LogP contribution in [0.25, 0.3) is 0 Å². The van der Waals surface area contributed by atoms with Crippen LogP contribution in [0.1, 0.15) is 35.1 Å². The van der Waals surface area contributed by atoms with Gasteiger partial charge in [-0.05, 0) is 30.7 Å². The van der Waals surface area contributed by atoms with Gasteiger partial charge in [0.25, 0.3) is 0 Å². The first kappa shape index (κ1) is 14.4. The van der Waals surface area contributed by atoms with Crippen LogP contribution in [0.15, 0.2) is 17.8 Å². The van der Waals surface area contributed by atoms with Crippen LogP contribution in [0.4, 0.5) is 0 Å². The Balaban J connectivity index is 1.52. The number of hydrogen-bond acceptors (Lipinski definition) is 5. The predicted octanol–water partition coefficient (Wildman–Crippen LogP) is 2.40. The zero-order chi connectivity index (χ0) is 14.9. The van der Waals surface area contributed by atoms with Crippen LogP contribution in [-0.4, -0.2) is 39.4 Å². The molecule has 5 nitrogen and oxygen atoms in total. The molecule has 118 valence electrons. The molecule has 1 fully saturated rings. The van der Waals surface area contributed by atoms with Crippen LogP contribution in [0.5, 0.6) is 0 Å². The summed E-state index contributed by atoms with van der Waals surface area (Å²) in [5.41, 5.74) is 2.69. The summed E-state index contributed by atoms with van der Waals surface area (Å²) in [5, 5.41) is 7.68. The third-order valence-corrected chi connectivity index (χ3v) is 5.40. The Bertz CT molecular complexity index is 620. The fourth-order valence-corrected chi connectivity index (χ4v) is 3.86. The lowest BCUT2D eigenvalue weighted by Gasteiger charge is -2.35. The molecular formula is C16H22N4OS. The summed E-state index contributed by atoms with van der Waals surface area (Å²) in [4.78, 5) is 6.94. The maximum Gasteiger partial charge on any atom is 0.107 e. The van der Waals surface area contributed by atoms with Crippen molar-refractivity contribution < 1.29 is 4.74 Å². The van der Waals surface area contributed by atoms with Gasteiger partial charge in [0, 0.05) is 31.8 Å². The average Bonchev–Trinajstić information content (AvgIpc) is 3.05. The Morgan fingerprint density at radius 2 is 2.27 bits per heavy atom. The third-order valence-electron chi connectivity index (χ3n) is 4.64. The molecule has 0 saturated heterocycles. The van der Waals surface area contributed by atoms with Gasteiger partial charge in [-0.3, -0.25) is 9.58 Å². The van der Waals surface area contributed by atoms with Gasteiger partial charge in [0.15, 0.2) is 0 Å². The van der Waals surface area contributed by atoms with Crippen LogP contribution >= 0.6 is 11.3 Å². The Labute approximate surface area is 134 Å². The smallest absolute Gasteiger partial charge is 0.107 e. The quantitative estimate of drug-likeness (QED) is 0.820. The second-order valence-electron chi connectivity index (χ2n) is 6.32. The van der Waals surface area contributed by atoms with Crippen molar-refractivity contribution >= 4 is 11.3 Å². The zero-order valence-electron chi connectivity index (χ0n) is 12.9. The summed E-state index contributed by atoms with van der Waals surface area (Å²) < 4.78 is 8.05. The molecule has 3 heterocycles. The number of ether oxygens (including phenoxy) is 1. The first-order chi connectivity index (χ1) is 10.8. The van der Waals surface area contributed by atoms with E-state index in [-0.39, 0.29) is 0 Å². The molecule has 0 aromatic carbocycles. The molecule has 1 aliphatic carbocycles. The van der Waals surface area contributed by atoms with E-state index < -0.39 is 0 Å². The van der Waals surface area contributed by atoms with Crippen molar-refractivity contribution in [1.29, 1.82) is 0 Å². The van der Waals surface area contributed by atoms with Crippen molar-refractivity contribution in [3.8, 4) is 0 Å². The lowest BCUT2D eigenvalue weighted by molar-refractivity contribution is 0.0412. The standard InChI is InChI=1S/C16H22N4OS/c1-19-16-13(8-18-19)4-6-20(9-15-17-5-7-22-15)14(16)11-21-10-12-2-3-12/h5,7-8,12,14H,2-4,6,9-11H2,1H3. The number of fused-ring (bicyclic) bond motifs is 1. The van der Waals surface area contributed by atoms with E-state index in [1.165, 1.54) is 29.1 Å². The highest BCUT2D eigenvalue weighted by Crippen LogP contribution is 2.33. The highest BCUT2D eigenvalue weighted by atomic mass is 32.1. The van der Waals surface area contributed by atoms with Gasteiger partial charge in [0.05, 0.1) is 31.1 Å². The van der Waals surface area contributed by atoms with E-state index in [0.29, 0.717) is 6.04 Å². The molecule has 1 saturated carbocycles. The maximum atomic E-state index is 6.03. The first-order valence-electron chi connectivity index (χ1n) is 8.02. The topological polar surface area (TPSA) is 43.2 Å². The fraction of sp³-hybridized carbons (Fsp3) is 0.625. The highest BCUT2D eigenvalue weighted by molar-refractivity contribution is 7.09. The van der Waals surface area contributed by atoms with Crippen LogP contribution in [0, 0.1) is 5.92 Å². The Morgan fingerprint density at radius 3 is 3.05 bits per heavy atom. The van der Waals surface area contributed by atoms with Gasteiger partial charge in [-0.1, -0.05) is 0 Å². The average molecular weight is 318 g/mol. The summed E-state index contributed by atoms with van der Waals surface area (Å²) in [6, 6.07) is 0.291. The summed E-state index contributed by atoms with van der Waals surface area (Å²) >= 11 is 1.73. The van der Waals surface area contributed by atoms with E-state index in [0.717, 1.165) is 38.6 Å². The molecule has 1 aliphatic heterocycles. The SMILES string of the molecule is Cn1ncc2c1C(COCC1CC1)N(Cc1nccs1)CC2. The van der Waals surface area contributed by atoms with Crippen molar-refractivity contribution in [3.05, 3.63) is 34.0 Å². The zero-order valence-corrected chi connectivity index (χ0v) is 13.8. The van der Waals surface area contributed by atoms with E-state index in [1.54, 1.807) is 11.3 Å². The van der Waals surface area contributed by atoms with Crippen LogP contribution < -0.4 is 0 Å². The molecule has 0 amide bonds. The second kappa shape index (κ2) is 6.10. The lowest BCUT2D eigenvalue weighted by atomic mass is 10.0. The number of thiazole rings is 1. The molecule has 1 unspecified atom stereocenters. The van der Waals surface area contributed by atoms with Crippen molar-refractivity contribution in [1.82, 2.24) is 19.7 Å². The summed E-state index contributed by atoms with van der Waals surface area (Å²) in [5.74, 6) is 0.807. The summed E-state index contributed by atoms with van der Waals surface area (Å²) in [7, 11) is 2.04.